The summed E-state index contributed by atoms with van der Waals surface area (Å²) in [5, 5.41) is 12.3. The Kier molecular flexibility index (Phi) is 6.23. The molecular formula is C19H24N6O3S2. The molecule has 1 saturated heterocycles. The fourth-order valence-corrected chi connectivity index (χ4v) is 5.35. The molecule has 1 amide bonds. The maximum atomic E-state index is 13.3. The first kappa shape index (κ1) is 21.0. The minimum atomic E-state index is -0.328. The van der Waals surface area contributed by atoms with Gasteiger partial charge in [-0.3, -0.25) is 24.4 Å². The Bertz CT molecular complexity index is 1130. The lowest BCUT2D eigenvalue weighted by molar-refractivity contribution is -0.116. The second-order valence-corrected chi connectivity index (χ2v) is 9.61. The van der Waals surface area contributed by atoms with Crippen LogP contribution >= 0.6 is 22.7 Å². The van der Waals surface area contributed by atoms with Crippen LogP contribution in [-0.2, 0) is 29.2 Å². The topological polar surface area (TPSA) is 102 Å². The quantitative estimate of drug-likeness (QED) is 0.592. The molecule has 1 aliphatic heterocycles. The number of nitrogens with zero attached hydrogens (tertiary/aromatic N) is 5. The molecule has 1 fully saturated rings. The number of rotatable bonds is 7. The molecule has 11 heteroatoms. The van der Waals surface area contributed by atoms with Crippen LogP contribution in [0, 0.1) is 13.8 Å². The molecule has 3 aromatic heterocycles. The van der Waals surface area contributed by atoms with E-state index < -0.39 is 0 Å². The van der Waals surface area contributed by atoms with E-state index in [1.807, 2.05) is 13.8 Å². The first-order valence-corrected chi connectivity index (χ1v) is 11.4. The van der Waals surface area contributed by atoms with Gasteiger partial charge >= 0.3 is 0 Å². The van der Waals surface area contributed by atoms with Gasteiger partial charge in [0, 0.05) is 12.0 Å². The molecule has 1 N–H and O–H groups in total. The zero-order valence-electron chi connectivity index (χ0n) is 17.2. The van der Waals surface area contributed by atoms with Crippen LogP contribution in [0.1, 0.15) is 34.1 Å². The highest BCUT2D eigenvalue weighted by Gasteiger charge is 2.21. The number of methoxy groups -OCH3 is 1. The van der Waals surface area contributed by atoms with Gasteiger partial charge in [0.15, 0.2) is 0 Å². The van der Waals surface area contributed by atoms with E-state index in [0.717, 1.165) is 41.2 Å². The van der Waals surface area contributed by atoms with Crippen molar-refractivity contribution < 1.29 is 9.53 Å². The van der Waals surface area contributed by atoms with Crippen LogP contribution in [0.3, 0.4) is 0 Å². The molecule has 4 heterocycles. The van der Waals surface area contributed by atoms with Crippen LogP contribution in [0.4, 0.5) is 5.13 Å². The Labute approximate surface area is 181 Å². The van der Waals surface area contributed by atoms with Crippen LogP contribution < -0.4 is 10.9 Å². The van der Waals surface area contributed by atoms with E-state index in [1.54, 1.807) is 7.11 Å². The van der Waals surface area contributed by atoms with E-state index in [0.29, 0.717) is 34.5 Å². The number of fused-ring (bicyclic) bond motifs is 1. The van der Waals surface area contributed by atoms with Gasteiger partial charge in [0.25, 0.3) is 5.56 Å². The number of ether oxygens (including phenoxy) is 1. The Morgan fingerprint density at radius 3 is 2.70 bits per heavy atom. The molecule has 0 bridgehead atoms. The van der Waals surface area contributed by atoms with Gasteiger partial charge in [-0.05, 0) is 45.3 Å². The molecule has 0 spiro atoms. The van der Waals surface area contributed by atoms with Gasteiger partial charge in [-0.15, -0.1) is 21.5 Å². The highest BCUT2D eigenvalue weighted by atomic mass is 32.1. The van der Waals surface area contributed by atoms with Crippen molar-refractivity contribution in [1.29, 1.82) is 0 Å². The molecule has 0 atom stereocenters. The number of amides is 1. The van der Waals surface area contributed by atoms with E-state index in [2.05, 4.69) is 20.4 Å². The van der Waals surface area contributed by atoms with Crippen LogP contribution in [0.5, 0.6) is 0 Å². The molecule has 3 aromatic rings. The number of likely N-dealkylation sites (tertiary alicyclic amines) is 1. The Balaban J connectivity index is 1.64. The third-order valence-electron chi connectivity index (χ3n) is 5.21. The van der Waals surface area contributed by atoms with Crippen LogP contribution in [0.25, 0.3) is 10.2 Å². The zero-order valence-corrected chi connectivity index (χ0v) is 18.9. The number of thiophene rings is 1. The maximum absolute atomic E-state index is 13.3. The van der Waals surface area contributed by atoms with Gasteiger partial charge in [-0.1, -0.05) is 11.3 Å². The number of carbonyl (C=O) groups is 1. The van der Waals surface area contributed by atoms with Crippen molar-refractivity contribution in [3.63, 3.8) is 0 Å². The normalized spacial score (nSPS) is 14.6. The third-order valence-corrected chi connectivity index (χ3v) is 7.13. The van der Waals surface area contributed by atoms with Crippen LogP contribution in [0.2, 0.25) is 0 Å². The van der Waals surface area contributed by atoms with Gasteiger partial charge < -0.3 is 4.74 Å². The molecule has 9 nitrogen and oxygen atoms in total. The molecule has 0 aliphatic carbocycles. The Morgan fingerprint density at radius 1 is 1.20 bits per heavy atom. The van der Waals surface area contributed by atoms with Gasteiger partial charge in [-0.2, -0.15) is 0 Å². The largest absolute Gasteiger partial charge is 0.377 e. The lowest BCUT2D eigenvalue weighted by Crippen LogP contribution is -2.33. The van der Waals surface area contributed by atoms with E-state index in [1.165, 1.54) is 27.2 Å². The van der Waals surface area contributed by atoms with Gasteiger partial charge in [-0.25, -0.2) is 4.98 Å². The van der Waals surface area contributed by atoms with Gasteiger partial charge in [0.1, 0.15) is 28.8 Å². The molecular weight excluding hydrogens is 424 g/mol. The van der Waals surface area contributed by atoms with Crippen LogP contribution in [0.15, 0.2) is 4.79 Å². The molecule has 160 valence electrons. The summed E-state index contributed by atoms with van der Waals surface area (Å²) >= 11 is 2.78. The van der Waals surface area contributed by atoms with Crippen molar-refractivity contribution in [1.82, 2.24) is 24.6 Å². The molecule has 30 heavy (non-hydrogen) atoms. The fraction of sp³-hybridized carbons (Fsp3) is 0.526. The van der Waals surface area contributed by atoms with E-state index in [9.17, 15) is 9.59 Å². The number of carbonyl (C=O) groups excluding carboxylic acids is 1. The molecule has 1 aliphatic rings. The second kappa shape index (κ2) is 8.88. The van der Waals surface area contributed by atoms with Crippen LogP contribution in [-0.4, -0.2) is 50.8 Å². The zero-order chi connectivity index (χ0) is 21.3. The average Bonchev–Trinajstić information content (AvgIpc) is 3.42. The van der Waals surface area contributed by atoms with Crippen molar-refractivity contribution in [2.24, 2.45) is 0 Å². The summed E-state index contributed by atoms with van der Waals surface area (Å²) in [6.45, 7) is 6.67. The number of anilines is 1. The lowest BCUT2D eigenvalue weighted by atomic mass is 10.2. The summed E-state index contributed by atoms with van der Waals surface area (Å²) in [5.41, 5.74) is 0.770. The van der Waals surface area contributed by atoms with E-state index in [4.69, 9.17) is 9.72 Å². The number of nitrogens with one attached hydrogen (secondary N) is 1. The minimum Gasteiger partial charge on any atom is -0.377 e. The summed E-state index contributed by atoms with van der Waals surface area (Å²) in [4.78, 5) is 34.9. The number of hydrogen-bond donors (Lipinski definition) is 1. The SMILES string of the molecule is COCc1nnc(NC(=O)Cn2c(CN3CCCC3)nc3sc(C)c(C)c3c2=O)s1. The minimum absolute atomic E-state index is 0.113. The maximum Gasteiger partial charge on any atom is 0.263 e. The smallest absolute Gasteiger partial charge is 0.263 e. The van der Waals surface area contributed by atoms with Crippen molar-refractivity contribution in [3.8, 4) is 0 Å². The molecule has 0 aromatic carbocycles. The number of hydrogen-bond acceptors (Lipinski definition) is 9. The van der Waals surface area contributed by atoms with Gasteiger partial charge in [0.05, 0.1) is 11.9 Å². The van der Waals surface area contributed by atoms with Gasteiger partial charge in [0.2, 0.25) is 11.0 Å². The summed E-state index contributed by atoms with van der Waals surface area (Å²) in [7, 11) is 1.57. The third kappa shape index (κ3) is 4.29. The molecule has 4 rings (SSSR count). The molecule has 0 unspecified atom stereocenters. The first-order valence-electron chi connectivity index (χ1n) is 9.79. The second-order valence-electron chi connectivity index (χ2n) is 7.35. The summed E-state index contributed by atoms with van der Waals surface area (Å²) in [5.74, 6) is 0.300. The molecule has 0 saturated carbocycles. The van der Waals surface area contributed by atoms with Crippen molar-refractivity contribution in [2.45, 2.75) is 46.4 Å². The highest BCUT2D eigenvalue weighted by Crippen LogP contribution is 2.27. The Morgan fingerprint density at radius 2 is 1.97 bits per heavy atom. The van der Waals surface area contributed by atoms with E-state index >= 15 is 0 Å². The highest BCUT2D eigenvalue weighted by molar-refractivity contribution is 7.18. The molecule has 0 radical (unpaired) electrons. The average molecular weight is 449 g/mol. The predicted octanol–water partition coefficient (Wildman–Crippen LogP) is 2.31. The standard InChI is InChI=1S/C19H24N6O3S2/c1-11-12(2)29-17-16(11)18(27)25(13(20-17)8-24-6-4-5-7-24)9-14(26)21-19-23-22-15(30-19)10-28-3/h4-10H2,1-3H3,(H,21,23,26). The monoisotopic (exact) mass is 448 g/mol. The van der Waals surface area contributed by atoms with E-state index in [-0.39, 0.29) is 18.0 Å². The summed E-state index contributed by atoms with van der Waals surface area (Å²) in [6.07, 6.45) is 2.29. The number of aromatic nitrogens is 4. The Hall–Kier alpha value is -2.21. The van der Waals surface area contributed by atoms with Crippen molar-refractivity contribution in [2.75, 3.05) is 25.5 Å². The van der Waals surface area contributed by atoms with Crippen molar-refractivity contribution in [3.05, 3.63) is 31.6 Å². The van der Waals surface area contributed by atoms with Crippen molar-refractivity contribution >= 4 is 43.9 Å². The summed E-state index contributed by atoms with van der Waals surface area (Å²) in [6, 6.07) is 0. The predicted molar refractivity (Wildman–Crippen MR) is 117 cm³/mol. The lowest BCUT2D eigenvalue weighted by Gasteiger charge is -2.18. The number of aryl methyl sites for hydroxylation is 2. The fourth-order valence-electron chi connectivity index (χ4n) is 3.58. The first-order chi connectivity index (χ1) is 14.5. The summed E-state index contributed by atoms with van der Waals surface area (Å²) < 4.78 is 6.53.